The minimum absolute atomic E-state index is 0.0365. The third kappa shape index (κ3) is 35.2. The lowest BCUT2D eigenvalue weighted by Gasteiger charge is -2.23. The van der Waals surface area contributed by atoms with Crippen LogP contribution in [0.4, 0.5) is 0 Å². The first-order valence-corrected chi connectivity index (χ1v) is 21.5. The summed E-state index contributed by atoms with van der Waals surface area (Å²) in [7, 11) is 0. The molecule has 0 spiro atoms. The molecule has 1 saturated heterocycles. The van der Waals surface area contributed by atoms with Crippen molar-refractivity contribution in [3.05, 3.63) is 48.6 Å². The van der Waals surface area contributed by atoms with Gasteiger partial charge in [-0.1, -0.05) is 140 Å². The van der Waals surface area contributed by atoms with Crippen LogP contribution in [0.25, 0.3) is 0 Å². The van der Waals surface area contributed by atoms with Crippen LogP contribution >= 0.6 is 0 Å². The zero-order chi connectivity index (χ0) is 35.7. The summed E-state index contributed by atoms with van der Waals surface area (Å²) in [6, 6.07) is 0. The van der Waals surface area contributed by atoms with Gasteiger partial charge in [-0.25, -0.2) is 0 Å². The number of rotatable bonds is 39. The van der Waals surface area contributed by atoms with E-state index in [1.54, 1.807) is 0 Å². The van der Waals surface area contributed by atoms with Gasteiger partial charge in [-0.2, -0.15) is 0 Å². The Morgan fingerprint density at radius 2 is 0.880 bits per heavy atom. The Hall–Kier alpha value is -1.24. The van der Waals surface area contributed by atoms with E-state index in [4.69, 9.17) is 18.9 Å². The molecule has 0 saturated carbocycles. The first-order valence-electron chi connectivity index (χ1n) is 21.5. The molecule has 0 aromatic rings. The molecule has 1 rings (SSSR count). The van der Waals surface area contributed by atoms with E-state index in [1.807, 2.05) is 0 Å². The van der Waals surface area contributed by atoms with Gasteiger partial charge in [0.05, 0.1) is 12.7 Å². The van der Waals surface area contributed by atoms with Crippen LogP contribution in [0.3, 0.4) is 0 Å². The molecule has 1 unspecified atom stereocenters. The third-order valence-electron chi connectivity index (χ3n) is 9.50. The SMILES string of the molecule is CCCCCC=CCC=CCCCCCCCCOCOCC(CN1CCCC1)OCOCCCCCCCCC=CCC=CCCCCC. The molecule has 5 nitrogen and oxygen atoms in total. The first-order chi connectivity index (χ1) is 24.9. The zero-order valence-corrected chi connectivity index (χ0v) is 33.3. The van der Waals surface area contributed by atoms with Gasteiger partial charge >= 0.3 is 0 Å². The number of allylic oxidation sites excluding steroid dienone is 8. The summed E-state index contributed by atoms with van der Waals surface area (Å²) >= 11 is 0. The summed E-state index contributed by atoms with van der Waals surface area (Å²) in [5, 5.41) is 0. The largest absolute Gasteiger partial charge is 0.355 e. The molecular weight excluding hydrogens is 618 g/mol. The summed E-state index contributed by atoms with van der Waals surface area (Å²) in [6.45, 7) is 10.6. The van der Waals surface area contributed by atoms with Crippen LogP contribution in [0.5, 0.6) is 0 Å². The Labute approximate surface area is 311 Å². The fourth-order valence-corrected chi connectivity index (χ4v) is 6.29. The van der Waals surface area contributed by atoms with E-state index >= 15 is 0 Å². The van der Waals surface area contributed by atoms with Gasteiger partial charge in [0.25, 0.3) is 0 Å². The first kappa shape index (κ1) is 46.8. The molecule has 0 radical (unpaired) electrons. The highest BCUT2D eigenvalue weighted by atomic mass is 16.7. The molecule has 292 valence electrons. The van der Waals surface area contributed by atoms with E-state index in [0.717, 1.165) is 58.5 Å². The number of unbranched alkanes of at least 4 members (excludes halogenated alkanes) is 18. The standard InChI is InChI=1S/C45H83NO4/c1-3-5-7-9-11-13-15-17-19-21-23-25-27-29-31-35-39-47-43-49-42-45(41-46-37-33-34-38-46)50-44-48-40-36-32-30-28-26-24-22-20-18-16-14-12-10-8-6-4-2/h11-14,17-20,45H,3-10,15-16,21-44H2,1-2H3. The zero-order valence-electron chi connectivity index (χ0n) is 33.3. The van der Waals surface area contributed by atoms with Gasteiger partial charge < -0.3 is 23.8 Å². The van der Waals surface area contributed by atoms with Gasteiger partial charge in [0.2, 0.25) is 0 Å². The molecule has 0 aromatic carbocycles. The van der Waals surface area contributed by atoms with Crippen molar-refractivity contribution in [2.45, 2.75) is 187 Å². The summed E-state index contributed by atoms with van der Waals surface area (Å²) in [5.74, 6) is 0. The Morgan fingerprint density at radius 1 is 0.460 bits per heavy atom. The molecule has 1 fully saturated rings. The van der Waals surface area contributed by atoms with Crippen LogP contribution in [-0.4, -0.2) is 64.0 Å². The Kier molecular flexibility index (Phi) is 37.9. The van der Waals surface area contributed by atoms with Crippen LogP contribution in [0, 0.1) is 0 Å². The molecule has 0 bridgehead atoms. The van der Waals surface area contributed by atoms with Crippen molar-refractivity contribution in [1.29, 1.82) is 0 Å². The maximum absolute atomic E-state index is 6.11. The average Bonchev–Trinajstić information content (AvgIpc) is 3.64. The van der Waals surface area contributed by atoms with Gasteiger partial charge in [-0.15, -0.1) is 0 Å². The van der Waals surface area contributed by atoms with Gasteiger partial charge in [0.15, 0.2) is 0 Å². The molecule has 1 heterocycles. The van der Waals surface area contributed by atoms with Gasteiger partial charge in [0.1, 0.15) is 13.6 Å². The lowest BCUT2D eigenvalue weighted by atomic mass is 10.1. The van der Waals surface area contributed by atoms with Crippen molar-refractivity contribution in [2.75, 3.05) is 53.0 Å². The number of ether oxygens (including phenoxy) is 4. The number of nitrogens with zero attached hydrogens (tertiary/aromatic N) is 1. The minimum atomic E-state index is 0.0365. The van der Waals surface area contributed by atoms with Crippen LogP contribution < -0.4 is 0 Å². The second-order valence-corrected chi connectivity index (χ2v) is 14.4. The van der Waals surface area contributed by atoms with Crippen molar-refractivity contribution in [1.82, 2.24) is 4.90 Å². The summed E-state index contributed by atoms with van der Waals surface area (Å²) in [4.78, 5) is 2.49. The van der Waals surface area contributed by atoms with E-state index in [2.05, 4.69) is 67.4 Å². The number of likely N-dealkylation sites (tertiary alicyclic amines) is 1. The summed E-state index contributed by atoms with van der Waals surface area (Å²) < 4.78 is 23.6. The minimum Gasteiger partial charge on any atom is -0.355 e. The number of hydrogen-bond acceptors (Lipinski definition) is 5. The second kappa shape index (κ2) is 40.5. The maximum atomic E-state index is 6.11. The highest BCUT2D eigenvalue weighted by Crippen LogP contribution is 2.12. The van der Waals surface area contributed by atoms with Gasteiger partial charge in [0, 0.05) is 19.8 Å². The van der Waals surface area contributed by atoms with Crippen molar-refractivity contribution in [3.8, 4) is 0 Å². The van der Waals surface area contributed by atoms with Crippen LogP contribution in [0.1, 0.15) is 181 Å². The van der Waals surface area contributed by atoms with Crippen LogP contribution in [0.15, 0.2) is 48.6 Å². The van der Waals surface area contributed by atoms with Gasteiger partial charge in [-0.3, -0.25) is 0 Å². The van der Waals surface area contributed by atoms with Crippen molar-refractivity contribution < 1.29 is 18.9 Å². The molecule has 0 N–H and O–H groups in total. The fraction of sp³-hybridized carbons (Fsp3) is 0.822. The van der Waals surface area contributed by atoms with E-state index in [-0.39, 0.29) is 6.10 Å². The van der Waals surface area contributed by atoms with E-state index in [0.29, 0.717) is 20.2 Å². The average molecular weight is 702 g/mol. The number of hydrogen-bond donors (Lipinski definition) is 0. The van der Waals surface area contributed by atoms with E-state index in [1.165, 1.54) is 141 Å². The highest BCUT2D eigenvalue weighted by molar-refractivity contribution is 4.93. The molecule has 0 aliphatic carbocycles. The summed E-state index contributed by atoms with van der Waals surface area (Å²) in [6.07, 6.45) is 51.6. The third-order valence-corrected chi connectivity index (χ3v) is 9.50. The molecule has 50 heavy (non-hydrogen) atoms. The topological polar surface area (TPSA) is 40.2 Å². The Balaban J connectivity index is 1.93. The van der Waals surface area contributed by atoms with E-state index < -0.39 is 0 Å². The highest BCUT2D eigenvalue weighted by Gasteiger charge is 2.18. The Bertz CT molecular complexity index is 773. The van der Waals surface area contributed by atoms with Crippen molar-refractivity contribution in [3.63, 3.8) is 0 Å². The lowest BCUT2D eigenvalue weighted by molar-refractivity contribution is -0.138. The molecule has 5 heteroatoms. The summed E-state index contributed by atoms with van der Waals surface area (Å²) in [5.41, 5.74) is 0. The molecule has 0 amide bonds. The predicted octanol–water partition coefficient (Wildman–Crippen LogP) is 13.1. The van der Waals surface area contributed by atoms with Crippen LogP contribution in [-0.2, 0) is 18.9 Å². The molecule has 1 atom stereocenters. The second-order valence-electron chi connectivity index (χ2n) is 14.4. The molecule has 1 aliphatic rings. The lowest BCUT2D eigenvalue weighted by Crippen LogP contribution is -2.35. The van der Waals surface area contributed by atoms with Crippen LogP contribution in [0.2, 0.25) is 0 Å². The smallest absolute Gasteiger partial charge is 0.147 e. The predicted molar refractivity (Wildman–Crippen MR) is 217 cm³/mol. The van der Waals surface area contributed by atoms with Gasteiger partial charge in [-0.05, 0) is 103 Å². The van der Waals surface area contributed by atoms with Crippen molar-refractivity contribution in [2.24, 2.45) is 0 Å². The van der Waals surface area contributed by atoms with Crippen molar-refractivity contribution >= 4 is 0 Å². The monoisotopic (exact) mass is 702 g/mol. The van der Waals surface area contributed by atoms with E-state index in [9.17, 15) is 0 Å². The molecule has 0 aromatic heterocycles. The fourth-order valence-electron chi connectivity index (χ4n) is 6.29. The molecular formula is C45H83NO4. The normalized spacial score (nSPS) is 14.9. The maximum Gasteiger partial charge on any atom is 0.147 e. The molecule has 1 aliphatic heterocycles. The Morgan fingerprint density at radius 3 is 1.36 bits per heavy atom. The quantitative estimate of drug-likeness (QED) is 0.0362.